The Morgan fingerprint density at radius 2 is 1.85 bits per heavy atom. The van der Waals surface area contributed by atoms with Crippen molar-refractivity contribution in [2.45, 2.75) is 11.1 Å². The molecule has 4 rings (SSSR count). The van der Waals surface area contributed by atoms with E-state index in [0.29, 0.717) is 10.8 Å². The Balaban J connectivity index is 1.56. The van der Waals surface area contributed by atoms with Crippen LogP contribution in [-0.2, 0) is 10.0 Å². The Kier molecular flexibility index (Phi) is 6.60. The second kappa shape index (κ2) is 9.45. The molecule has 8 nitrogen and oxygen atoms in total. The molecule has 2 heterocycles. The summed E-state index contributed by atoms with van der Waals surface area (Å²) in [6.07, 6.45) is 1.47. The number of rotatable bonds is 6. The predicted octanol–water partition coefficient (Wildman–Crippen LogP) is 4.79. The fraction of sp³-hybridized carbons (Fsp3) is 0.0909. The topological polar surface area (TPSA) is 109 Å². The Bertz CT molecular complexity index is 1570. The monoisotopic (exact) mass is 520 g/mol. The molecule has 3 N–H and O–H groups in total. The second-order valence-corrected chi connectivity index (χ2v) is 10.7. The third-order valence-corrected chi connectivity index (χ3v) is 7.84. The van der Waals surface area contributed by atoms with Crippen molar-refractivity contribution >= 4 is 61.1 Å². The lowest BCUT2D eigenvalue weighted by molar-refractivity contribution is 0.256. The van der Waals surface area contributed by atoms with Crippen LogP contribution in [0.25, 0.3) is 16.5 Å². The SMILES string of the molecule is CCNc1ccc2c(=O)n(-c3ccc(NC(=O)NS(=O)(=O)c4ccc(Cl)s4)cc3F)ccc2c1. The van der Waals surface area contributed by atoms with E-state index in [2.05, 4.69) is 10.6 Å². The van der Waals surface area contributed by atoms with Gasteiger partial charge in [0.2, 0.25) is 0 Å². The molecular formula is C22H18ClFN4O4S2. The molecule has 4 aromatic rings. The van der Waals surface area contributed by atoms with Gasteiger partial charge in [-0.2, -0.15) is 0 Å². The standard InChI is InChI=1S/C22H18ClFN4O4S2/c1-2-25-14-3-5-16-13(11-14)9-10-28(21(16)29)18-6-4-15(12-17(18)24)26-22(30)27-34(31,32)20-8-7-19(23)33-20/h3-12,25H,2H2,1H3,(H2,26,27,30). The minimum atomic E-state index is -4.12. The van der Waals surface area contributed by atoms with E-state index in [1.807, 2.05) is 17.7 Å². The summed E-state index contributed by atoms with van der Waals surface area (Å²) < 4.78 is 42.4. The van der Waals surface area contributed by atoms with Crippen LogP contribution in [0.15, 0.2) is 69.8 Å². The van der Waals surface area contributed by atoms with Gasteiger partial charge in [0.1, 0.15) is 10.0 Å². The first-order chi connectivity index (χ1) is 16.2. The third kappa shape index (κ3) is 4.91. The smallest absolute Gasteiger partial charge is 0.333 e. The van der Waals surface area contributed by atoms with Crippen molar-refractivity contribution in [3.05, 3.63) is 81.3 Å². The Labute approximate surface area is 203 Å². The molecule has 2 aromatic carbocycles. The number of anilines is 2. The molecule has 0 saturated carbocycles. The van der Waals surface area contributed by atoms with Crippen LogP contribution in [0.1, 0.15) is 6.92 Å². The fourth-order valence-electron chi connectivity index (χ4n) is 3.30. The van der Waals surface area contributed by atoms with Crippen molar-refractivity contribution in [1.82, 2.24) is 9.29 Å². The summed E-state index contributed by atoms with van der Waals surface area (Å²) in [5, 5.41) is 6.57. The number of amides is 2. The molecule has 0 aliphatic heterocycles. The first-order valence-corrected chi connectivity index (χ1v) is 12.6. The fourth-order valence-corrected chi connectivity index (χ4v) is 5.69. The first kappa shape index (κ1) is 23.7. The molecule has 0 spiro atoms. The zero-order valence-corrected chi connectivity index (χ0v) is 20.0. The second-order valence-electron chi connectivity index (χ2n) is 7.11. The van der Waals surface area contributed by atoms with Crippen LogP contribution in [0.3, 0.4) is 0 Å². The molecule has 2 aromatic heterocycles. The van der Waals surface area contributed by atoms with Crippen LogP contribution in [0.2, 0.25) is 4.34 Å². The van der Waals surface area contributed by atoms with E-state index >= 15 is 0 Å². The molecular weight excluding hydrogens is 503 g/mol. The summed E-state index contributed by atoms with van der Waals surface area (Å²) in [5.74, 6) is -0.781. The molecule has 0 aliphatic carbocycles. The Morgan fingerprint density at radius 3 is 2.53 bits per heavy atom. The van der Waals surface area contributed by atoms with E-state index in [9.17, 15) is 22.4 Å². The zero-order valence-electron chi connectivity index (χ0n) is 17.6. The van der Waals surface area contributed by atoms with Crippen molar-refractivity contribution in [2.24, 2.45) is 0 Å². The van der Waals surface area contributed by atoms with Gasteiger partial charge in [-0.1, -0.05) is 11.6 Å². The summed E-state index contributed by atoms with van der Waals surface area (Å²) in [4.78, 5) is 25.1. The number of pyridine rings is 1. The summed E-state index contributed by atoms with van der Waals surface area (Å²) in [6, 6.07) is 12.2. The van der Waals surface area contributed by atoms with Gasteiger partial charge in [-0.05, 0) is 66.9 Å². The van der Waals surface area contributed by atoms with Gasteiger partial charge in [-0.25, -0.2) is 22.3 Å². The number of fused-ring (bicyclic) bond motifs is 1. The normalized spacial score (nSPS) is 11.4. The van der Waals surface area contributed by atoms with Crippen molar-refractivity contribution in [2.75, 3.05) is 17.2 Å². The number of hydrogen-bond acceptors (Lipinski definition) is 6. The van der Waals surface area contributed by atoms with Gasteiger partial charge in [-0.15, -0.1) is 11.3 Å². The lowest BCUT2D eigenvalue weighted by atomic mass is 10.1. The quantitative estimate of drug-likeness (QED) is 0.339. The molecule has 0 unspecified atom stereocenters. The maximum absolute atomic E-state index is 14.9. The number of carbonyl (C=O) groups is 1. The van der Waals surface area contributed by atoms with Crippen molar-refractivity contribution < 1.29 is 17.6 Å². The highest BCUT2D eigenvalue weighted by Gasteiger charge is 2.20. The van der Waals surface area contributed by atoms with Crippen LogP contribution in [0.5, 0.6) is 0 Å². The Hall–Kier alpha value is -3.41. The lowest BCUT2D eigenvalue weighted by Gasteiger charge is -2.12. The first-order valence-electron chi connectivity index (χ1n) is 9.96. The van der Waals surface area contributed by atoms with E-state index in [0.717, 1.165) is 29.6 Å². The number of hydrogen-bond donors (Lipinski definition) is 3. The summed E-state index contributed by atoms with van der Waals surface area (Å²) in [5.41, 5.74) is 0.451. The van der Waals surface area contributed by atoms with Gasteiger partial charge < -0.3 is 10.6 Å². The highest BCUT2D eigenvalue weighted by atomic mass is 35.5. The van der Waals surface area contributed by atoms with E-state index < -0.39 is 27.4 Å². The van der Waals surface area contributed by atoms with Gasteiger partial charge in [0, 0.05) is 29.5 Å². The van der Waals surface area contributed by atoms with Gasteiger partial charge in [0.15, 0.2) is 0 Å². The number of thiophene rings is 1. The molecule has 0 aliphatic rings. The molecule has 176 valence electrons. The van der Waals surface area contributed by atoms with Crippen molar-refractivity contribution in [1.29, 1.82) is 0 Å². The van der Waals surface area contributed by atoms with Crippen LogP contribution in [0.4, 0.5) is 20.6 Å². The largest absolute Gasteiger partial charge is 0.385 e. The summed E-state index contributed by atoms with van der Waals surface area (Å²) in [7, 11) is -4.12. The highest BCUT2D eigenvalue weighted by Crippen LogP contribution is 2.25. The summed E-state index contributed by atoms with van der Waals surface area (Å²) >= 11 is 6.52. The Morgan fingerprint density at radius 1 is 1.09 bits per heavy atom. The average Bonchev–Trinajstić information content (AvgIpc) is 3.22. The maximum atomic E-state index is 14.9. The molecule has 12 heteroatoms. The third-order valence-electron chi connectivity index (χ3n) is 4.79. The van der Waals surface area contributed by atoms with Crippen molar-refractivity contribution in [3.63, 3.8) is 0 Å². The minimum Gasteiger partial charge on any atom is -0.385 e. The van der Waals surface area contributed by atoms with E-state index in [-0.39, 0.29) is 19.9 Å². The van der Waals surface area contributed by atoms with Gasteiger partial charge in [0.05, 0.1) is 10.0 Å². The number of sulfonamides is 1. The van der Waals surface area contributed by atoms with Gasteiger partial charge >= 0.3 is 6.03 Å². The lowest BCUT2D eigenvalue weighted by Crippen LogP contribution is -2.34. The van der Waals surface area contributed by atoms with E-state index in [1.54, 1.807) is 18.2 Å². The maximum Gasteiger partial charge on any atom is 0.333 e. The molecule has 0 radical (unpaired) electrons. The molecule has 0 fully saturated rings. The highest BCUT2D eigenvalue weighted by molar-refractivity contribution is 7.92. The van der Waals surface area contributed by atoms with Crippen molar-refractivity contribution in [3.8, 4) is 5.69 Å². The van der Waals surface area contributed by atoms with Crippen LogP contribution in [-0.4, -0.2) is 25.6 Å². The number of carbonyl (C=O) groups excluding carboxylic acids is 1. The number of nitrogens with one attached hydrogen (secondary N) is 3. The van der Waals surface area contributed by atoms with Crippen LogP contribution >= 0.6 is 22.9 Å². The van der Waals surface area contributed by atoms with E-state index in [1.165, 1.54) is 35.0 Å². The molecule has 2 amide bonds. The number of benzene rings is 2. The van der Waals surface area contributed by atoms with Gasteiger partial charge in [0.25, 0.3) is 15.6 Å². The summed E-state index contributed by atoms with van der Waals surface area (Å²) in [6.45, 7) is 2.70. The minimum absolute atomic E-state index is 0.00211. The van der Waals surface area contributed by atoms with E-state index in [4.69, 9.17) is 11.6 Å². The van der Waals surface area contributed by atoms with Gasteiger partial charge in [-0.3, -0.25) is 9.36 Å². The predicted molar refractivity (Wildman–Crippen MR) is 132 cm³/mol. The molecule has 0 atom stereocenters. The number of nitrogens with zero attached hydrogens (tertiary/aromatic N) is 1. The molecule has 0 bridgehead atoms. The van der Waals surface area contributed by atoms with Crippen LogP contribution < -0.4 is 20.9 Å². The zero-order chi connectivity index (χ0) is 24.5. The van der Waals surface area contributed by atoms with Crippen LogP contribution in [0, 0.1) is 5.82 Å². The average molecular weight is 521 g/mol. The molecule has 0 saturated heterocycles. The molecule has 34 heavy (non-hydrogen) atoms. The number of halogens is 2. The number of aromatic nitrogens is 1. The number of urea groups is 1.